The molecule has 0 spiro atoms. The molecule has 0 N–H and O–H groups in total. The summed E-state index contributed by atoms with van der Waals surface area (Å²) in [6.45, 7) is 3.20. The van der Waals surface area contributed by atoms with Gasteiger partial charge in [-0.15, -0.1) is 0 Å². The van der Waals surface area contributed by atoms with Crippen molar-refractivity contribution in [3.05, 3.63) is 81.1 Å². The lowest BCUT2D eigenvalue weighted by Crippen LogP contribution is -2.28. The minimum atomic E-state index is -3.55. The van der Waals surface area contributed by atoms with Gasteiger partial charge in [-0.25, -0.2) is 13.1 Å². The Hall–Kier alpha value is -2.48. The first-order chi connectivity index (χ1) is 14.3. The molecular weight excluding hydrogens is 422 g/mol. The van der Waals surface area contributed by atoms with Gasteiger partial charge in [-0.1, -0.05) is 35.9 Å². The van der Waals surface area contributed by atoms with Gasteiger partial charge in [-0.05, 0) is 55.2 Å². The van der Waals surface area contributed by atoms with Gasteiger partial charge in [0.15, 0.2) is 0 Å². The number of hydrogen-bond donors (Lipinski definition) is 0. The average Bonchev–Trinajstić information content (AvgIpc) is 3.27. The lowest BCUT2D eigenvalue weighted by atomic mass is 10.1. The fourth-order valence-electron chi connectivity index (χ4n) is 3.58. The molecule has 2 heterocycles. The maximum absolute atomic E-state index is 13.1. The highest BCUT2D eigenvalue weighted by atomic mass is 35.5. The smallest absolute Gasteiger partial charge is 0.267 e. The summed E-state index contributed by atoms with van der Waals surface area (Å²) < 4.78 is 29.0. The SMILES string of the molecule is Cc1ccc(-c2ccc(=O)n(Cc3ccc(Cl)cc3)n2)cc1S(=O)(=O)N1CCCC1. The molecule has 1 aromatic heterocycles. The molecule has 1 fully saturated rings. The maximum atomic E-state index is 13.1. The van der Waals surface area contributed by atoms with Gasteiger partial charge in [-0.3, -0.25) is 4.79 Å². The highest BCUT2D eigenvalue weighted by Gasteiger charge is 2.28. The van der Waals surface area contributed by atoms with Crippen LogP contribution in [0, 0.1) is 6.92 Å². The van der Waals surface area contributed by atoms with Gasteiger partial charge in [0.05, 0.1) is 17.1 Å². The molecule has 30 heavy (non-hydrogen) atoms. The van der Waals surface area contributed by atoms with Gasteiger partial charge in [0.2, 0.25) is 10.0 Å². The number of nitrogens with zero attached hydrogens (tertiary/aromatic N) is 3. The third-order valence-electron chi connectivity index (χ3n) is 5.28. The first-order valence-corrected chi connectivity index (χ1v) is 11.6. The summed E-state index contributed by atoms with van der Waals surface area (Å²) >= 11 is 5.93. The summed E-state index contributed by atoms with van der Waals surface area (Å²) in [5, 5.41) is 5.10. The summed E-state index contributed by atoms with van der Waals surface area (Å²) in [7, 11) is -3.55. The molecule has 1 saturated heterocycles. The van der Waals surface area contributed by atoms with Crippen molar-refractivity contribution in [1.29, 1.82) is 0 Å². The summed E-state index contributed by atoms with van der Waals surface area (Å²) in [4.78, 5) is 12.6. The topological polar surface area (TPSA) is 72.3 Å². The van der Waals surface area contributed by atoms with Crippen LogP contribution in [0.4, 0.5) is 0 Å². The van der Waals surface area contributed by atoms with Crippen LogP contribution in [-0.2, 0) is 16.6 Å². The second kappa shape index (κ2) is 8.34. The Bertz CT molecular complexity index is 1230. The molecule has 2 aromatic carbocycles. The van der Waals surface area contributed by atoms with Gasteiger partial charge in [-0.2, -0.15) is 9.40 Å². The quantitative estimate of drug-likeness (QED) is 0.602. The Morgan fingerprint density at radius 3 is 2.40 bits per heavy atom. The lowest BCUT2D eigenvalue weighted by Gasteiger charge is -2.18. The third kappa shape index (κ3) is 4.19. The molecule has 0 amide bonds. The van der Waals surface area contributed by atoms with Crippen molar-refractivity contribution in [2.45, 2.75) is 31.2 Å². The number of aryl methyl sites for hydroxylation is 1. The van der Waals surface area contributed by atoms with E-state index in [0.717, 1.165) is 18.4 Å². The van der Waals surface area contributed by atoms with E-state index in [0.29, 0.717) is 46.4 Å². The third-order valence-corrected chi connectivity index (χ3v) is 7.57. The molecular formula is C22H22ClN3O3S. The maximum Gasteiger partial charge on any atom is 0.267 e. The van der Waals surface area contributed by atoms with Crippen molar-refractivity contribution in [2.75, 3.05) is 13.1 Å². The zero-order valence-corrected chi connectivity index (χ0v) is 18.2. The van der Waals surface area contributed by atoms with Crippen molar-refractivity contribution in [1.82, 2.24) is 14.1 Å². The molecule has 0 aliphatic carbocycles. The molecule has 0 bridgehead atoms. The molecule has 8 heteroatoms. The van der Waals surface area contributed by atoms with Gasteiger partial charge in [0, 0.05) is 29.7 Å². The van der Waals surface area contributed by atoms with Gasteiger partial charge in [0.25, 0.3) is 5.56 Å². The van der Waals surface area contributed by atoms with Crippen LogP contribution >= 0.6 is 11.6 Å². The molecule has 0 unspecified atom stereocenters. The van der Waals surface area contributed by atoms with Crippen LogP contribution < -0.4 is 5.56 Å². The largest absolute Gasteiger partial charge is 0.268 e. The number of aromatic nitrogens is 2. The van der Waals surface area contributed by atoms with E-state index in [1.165, 1.54) is 15.1 Å². The van der Waals surface area contributed by atoms with Crippen LogP contribution in [0.5, 0.6) is 0 Å². The Balaban J connectivity index is 1.70. The molecule has 1 aliphatic heterocycles. The number of benzene rings is 2. The monoisotopic (exact) mass is 443 g/mol. The predicted octanol–water partition coefficient (Wildman–Crippen LogP) is 3.70. The van der Waals surface area contributed by atoms with Crippen molar-refractivity contribution < 1.29 is 8.42 Å². The van der Waals surface area contributed by atoms with E-state index in [1.807, 2.05) is 18.2 Å². The van der Waals surface area contributed by atoms with E-state index in [2.05, 4.69) is 5.10 Å². The van der Waals surface area contributed by atoms with Crippen LogP contribution in [0.2, 0.25) is 5.02 Å². The fourth-order valence-corrected chi connectivity index (χ4v) is 5.48. The van der Waals surface area contributed by atoms with Crippen LogP contribution in [0.25, 0.3) is 11.3 Å². The zero-order chi connectivity index (χ0) is 21.3. The predicted molar refractivity (Wildman–Crippen MR) is 117 cm³/mol. The molecule has 1 aliphatic rings. The highest BCUT2D eigenvalue weighted by Crippen LogP contribution is 2.27. The molecule has 156 valence electrons. The van der Waals surface area contributed by atoms with Crippen molar-refractivity contribution in [2.24, 2.45) is 0 Å². The van der Waals surface area contributed by atoms with Crippen LogP contribution in [0.1, 0.15) is 24.0 Å². The highest BCUT2D eigenvalue weighted by molar-refractivity contribution is 7.89. The molecule has 4 rings (SSSR count). The van der Waals surface area contributed by atoms with Crippen molar-refractivity contribution >= 4 is 21.6 Å². The van der Waals surface area contributed by atoms with Crippen molar-refractivity contribution in [3.63, 3.8) is 0 Å². The molecule has 0 saturated carbocycles. The van der Waals surface area contributed by atoms with Crippen molar-refractivity contribution in [3.8, 4) is 11.3 Å². The summed E-state index contributed by atoms with van der Waals surface area (Å²) in [6, 6.07) is 15.6. The van der Waals surface area contributed by atoms with Crippen LogP contribution in [0.15, 0.2) is 64.3 Å². The van der Waals surface area contributed by atoms with Gasteiger partial charge in [0.1, 0.15) is 0 Å². The lowest BCUT2D eigenvalue weighted by molar-refractivity contribution is 0.477. The standard InChI is InChI=1S/C22H22ClN3O3S/c1-16-4-7-18(14-21(16)30(28,29)25-12-2-3-13-25)20-10-11-22(27)26(24-20)15-17-5-8-19(23)9-6-17/h4-11,14H,2-3,12-13,15H2,1H3. The second-order valence-corrected chi connectivity index (χ2v) is 9.78. The first-order valence-electron chi connectivity index (χ1n) is 9.78. The summed E-state index contributed by atoms with van der Waals surface area (Å²) in [6.07, 6.45) is 1.77. The molecule has 6 nitrogen and oxygen atoms in total. The average molecular weight is 444 g/mol. The minimum Gasteiger partial charge on any atom is -0.268 e. The van der Waals surface area contributed by atoms with E-state index in [4.69, 9.17) is 11.6 Å². The summed E-state index contributed by atoms with van der Waals surface area (Å²) in [5.41, 5.74) is 2.56. The molecule has 3 aromatic rings. The van der Waals surface area contributed by atoms with Gasteiger partial charge < -0.3 is 0 Å². The minimum absolute atomic E-state index is 0.231. The number of halogens is 1. The number of rotatable bonds is 5. The Morgan fingerprint density at radius 2 is 1.70 bits per heavy atom. The van der Waals surface area contributed by atoms with Crippen LogP contribution in [-0.4, -0.2) is 35.6 Å². The summed E-state index contributed by atoms with van der Waals surface area (Å²) in [5.74, 6) is 0. The Kier molecular flexibility index (Phi) is 5.77. The Labute approximate surface area is 180 Å². The molecule has 0 radical (unpaired) electrons. The van der Waals surface area contributed by atoms with E-state index < -0.39 is 10.0 Å². The van der Waals surface area contributed by atoms with E-state index in [1.54, 1.807) is 37.3 Å². The first kappa shape index (κ1) is 20.8. The molecule has 0 atom stereocenters. The van der Waals surface area contributed by atoms with E-state index in [9.17, 15) is 13.2 Å². The van der Waals surface area contributed by atoms with E-state index in [-0.39, 0.29) is 5.56 Å². The zero-order valence-electron chi connectivity index (χ0n) is 16.6. The van der Waals surface area contributed by atoms with E-state index >= 15 is 0 Å². The number of sulfonamides is 1. The van der Waals surface area contributed by atoms with Crippen LogP contribution in [0.3, 0.4) is 0 Å². The fraction of sp³-hybridized carbons (Fsp3) is 0.273. The Morgan fingerprint density at radius 1 is 1.00 bits per heavy atom. The number of hydrogen-bond acceptors (Lipinski definition) is 4. The van der Waals surface area contributed by atoms with Gasteiger partial charge >= 0.3 is 0 Å². The second-order valence-electron chi connectivity index (χ2n) is 7.43. The normalized spacial score (nSPS) is 14.9.